The van der Waals surface area contributed by atoms with Crippen molar-refractivity contribution in [3.05, 3.63) is 126 Å². The Morgan fingerprint density at radius 3 is 2.25 bits per heavy atom. The maximum absolute atomic E-state index is 13.9. The Hall–Kier alpha value is -4.65. The molecule has 200 valence electrons. The molecular formula is C33H26F3N3O. The first-order valence-corrected chi connectivity index (χ1v) is 13.1. The van der Waals surface area contributed by atoms with Crippen LogP contribution in [0, 0.1) is 0 Å². The molecule has 4 aromatic carbocycles. The van der Waals surface area contributed by atoms with Crippen LogP contribution in [0.2, 0.25) is 0 Å². The SMILES string of the molecule is CC1CN=C(c2cccc(Oc3cccc(-c4c(Cc5ccccc5)cnc5c(C(F)(F)F)cccc45)c3)c2)N1. The summed E-state index contributed by atoms with van der Waals surface area (Å²) in [4.78, 5) is 8.85. The van der Waals surface area contributed by atoms with Gasteiger partial charge in [0.25, 0.3) is 0 Å². The third kappa shape index (κ3) is 5.27. The van der Waals surface area contributed by atoms with Crippen LogP contribution < -0.4 is 10.1 Å². The molecule has 1 aromatic heterocycles. The molecule has 0 fully saturated rings. The van der Waals surface area contributed by atoms with E-state index in [2.05, 4.69) is 22.2 Å². The third-order valence-electron chi connectivity index (χ3n) is 6.89. The molecule has 0 saturated heterocycles. The Labute approximate surface area is 230 Å². The van der Waals surface area contributed by atoms with Crippen molar-refractivity contribution in [2.45, 2.75) is 25.6 Å². The van der Waals surface area contributed by atoms with Crippen LogP contribution in [-0.2, 0) is 12.6 Å². The second-order valence-corrected chi connectivity index (χ2v) is 9.91. The van der Waals surface area contributed by atoms with Gasteiger partial charge in [-0.3, -0.25) is 9.98 Å². The van der Waals surface area contributed by atoms with E-state index in [1.54, 1.807) is 12.3 Å². The average Bonchev–Trinajstić information content (AvgIpc) is 3.39. The molecule has 1 aliphatic heterocycles. The molecule has 0 amide bonds. The molecule has 7 heteroatoms. The van der Waals surface area contributed by atoms with Crippen LogP contribution in [0.1, 0.15) is 29.2 Å². The van der Waals surface area contributed by atoms with E-state index < -0.39 is 11.7 Å². The van der Waals surface area contributed by atoms with E-state index in [1.165, 1.54) is 6.07 Å². The van der Waals surface area contributed by atoms with Gasteiger partial charge in [0.2, 0.25) is 0 Å². The van der Waals surface area contributed by atoms with E-state index in [0.29, 0.717) is 28.9 Å². The van der Waals surface area contributed by atoms with Crippen molar-refractivity contribution in [1.82, 2.24) is 10.3 Å². The van der Waals surface area contributed by atoms with Gasteiger partial charge in [-0.05, 0) is 65.9 Å². The molecule has 0 aliphatic carbocycles. The lowest BCUT2D eigenvalue weighted by Crippen LogP contribution is -2.27. The number of pyridine rings is 1. The summed E-state index contributed by atoms with van der Waals surface area (Å²) in [6, 6.07) is 29.5. The van der Waals surface area contributed by atoms with Crippen LogP contribution in [0.25, 0.3) is 22.0 Å². The predicted octanol–water partition coefficient (Wildman–Crippen LogP) is 8.04. The maximum atomic E-state index is 13.9. The summed E-state index contributed by atoms with van der Waals surface area (Å²) < 4.78 is 47.9. The summed E-state index contributed by atoms with van der Waals surface area (Å²) in [5.74, 6) is 2.05. The summed E-state index contributed by atoms with van der Waals surface area (Å²) in [6.07, 6.45) is -2.43. The fourth-order valence-corrected chi connectivity index (χ4v) is 5.07. The lowest BCUT2D eigenvalue weighted by molar-refractivity contribution is -0.136. The normalized spacial score (nSPS) is 15.1. The molecule has 40 heavy (non-hydrogen) atoms. The number of amidine groups is 1. The first-order chi connectivity index (χ1) is 19.3. The van der Waals surface area contributed by atoms with E-state index in [-0.39, 0.29) is 11.6 Å². The van der Waals surface area contributed by atoms with Crippen molar-refractivity contribution in [3.63, 3.8) is 0 Å². The Morgan fingerprint density at radius 2 is 1.55 bits per heavy atom. The molecule has 4 nitrogen and oxygen atoms in total. The van der Waals surface area contributed by atoms with Gasteiger partial charge in [0.15, 0.2) is 0 Å². The lowest BCUT2D eigenvalue weighted by Gasteiger charge is -2.17. The molecule has 2 heterocycles. The molecule has 5 aromatic rings. The highest BCUT2D eigenvalue weighted by Gasteiger charge is 2.33. The number of para-hydroxylation sites is 1. The van der Waals surface area contributed by atoms with E-state index >= 15 is 0 Å². The van der Waals surface area contributed by atoms with E-state index in [4.69, 9.17) is 4.74 Å². The zero-order valence-corrected chi connectivity index (χ0v) is 21.7. The minimum Gasteiger partial charge on any atom is -0.457 e. The zero-order chi connectivity index (χ0) is 27.7. The van der Waals surface area contributed by atoms with E-state index in [0.717, 1.165) is 40.7 Å². The van der Waals surface area contributed by atoms with Gasteiger partial charge in [-0.15, -0.1) is 0 Å². The van der Waals surface area contributed by atoms with Gasteiger partial charge in [-0.25, -0.2) is 0 Å². The molecular weight excluding hydrogens is 511 g/mol. The largest absolute Gasteiger partial charge is 0.457 e. The molecule has 1 N–H and O–H groups in total. The summed E-state index contributed by atoms with van der Waals surface area (Å²) >= 11 is 0. The fourth-order valence-electron chi connectivity index (χ4n) is 5.07. The second kappa shape index (κ2) is 10.5. The average molecular weight is 538 g/mol. The Morgan fingerprint density at radius 1 is 0.850 bits per heavy atom. The van der Waals surface area contributed by atoms with Crippen molar-refractivity contribution >= 4 is 16.7 Å². The van der Waals surface area contributed by atoms with Crippen LogP contribution in [0.5, 0.6) is 11.5 Å². The van der Waals surface area contributed by atoms with Crippen molar-refractivity contribution in [3.8, 4) is 22.6 Å². The van der Waals surface area contributed by atoms with Gasteiger partial charge in [0.1, 0.15) is 17.3 Å². The summed E-state index contributed by atoms with van der Waals surface area (Å²) in [5, 5.41) is 3.80. The number of rotatable bonds is 6. The number of nitrogens with zero attached hydrogens (tertiary/aromatic N) is 2. The first-order valence-electron chi connectivity index (χ1n) is 13.1. The first kappa shape index (κ1) is 25.6. The number of hydrogen-bond acceptors (Lipinski definition) is 4. The van der Waals surface area contributed by atoms with Gasteiger partial charge in [0, 0.05) is 23.2 Å². The number of halogens is 3. The van der Waals surface area contributed by atoms with E-state index in [1.807, 2.05) is 78.9 Å². The van der Waals surface area contributed by atoms with Gasteiger partial charge >= 0.3 is 6.18 Å². The van der Waals surface area contributed by atoms with Crippen LogP contribution >= 0.6 is 0 Å². The van der Waals surface area contributed by atoms with Gasteiger partial charge in [0.05, 0.1) is 17.6 Å². The minimum atomic E-state index is -4.52. The number of benzene rings is 4. The molecule has 0 bridgehead atoms. The van der Waals surface area contributed by atoms with Gasteiger partial charge < -0.3 is 10.1 Å². The topological polar surface area (TPSA) is 46.5 Å². The molecule has 0 spiro atoms. The van der Waals surface area contributed by atoms with Crippen molar-refractivity contribution in [2.24, 2.45) is 4.99 Å². The van der Waals surface area contributed by atoms with Gasteiger partial charge in [-0.2, -0.15) is 13.2 Å². The molecule has 1 aliphatic rings. The molecule has 6 rings (SSSR count). The second-order valence-electron chi connectivity index (χ2n) is 9.91. The number of ether oxygens (including phenoxy) is 1. The highest BCUT2D eigenvalue weighted by molar-refractivity contribution is 6.00. The Bertz CT molecular complexity index is 1710. The highest BCUT2D eigenvalue weighted by Crippen LogP contribution is 2.40. The van der Waals surface area contributed by atoms with Gasteiger partial charge in [-0.1, -0.05) is 66.7 Å². The summed E-state index contributed by atoms with van der Waals surface area (Å²) in [5.41, 5.74) is 3.44. The highest BCUT2D eigenvalue weighted by atomic mass is 19.4. The van der Waals surface area contributed by atoms with Crippen molar-refractivity contribution in [1.29, 1.82) is 0 Å². The smallest absolute Gasteiger partial charge is 0.418 e. The monoisotopic (exact) mass is 537 g/mol. The quantitative estimate of drug-likeness (QED) is 0.238. The van der Waals surface area contributed by atoms with Crippen LogP contribution in [-0.4, -0.2) is 23.4 Å². The number of fused-ring (bicyclic) bond motifs is 1. The van der Waals surface area contributed by atoms with Crippen molar-refractivity contribution in [2.75, 3.05) is 6.54 Å². The van der Waals surface area contributed by atoms with Crippen LogP contribution in [0.4, 0.5) is 13.2 Å². The minimum absolute atomic E-state index is 0.0695. The Kier molecular flexibility index (Phi) is 6.72. The predicted molar refractivity (Wildman–Crippen MR) is 152 cm³/mol. The maximum Gasteiger partial charge on any atom is 0.418 e. The lowest BCUT2D eigenvalue weighted by atomic mass is 9.92. The number of aromatic nitrogens is 1. The molecule has 1 unspecified atom stereocenters. The zero-order valence-electron chi connectivity index (χ0n) is 21.7. The van der Waals surface area contributed by atoms with E-state index in [9.17, 15) is 13.2 Å². The van der Waals surface area contributed by atoms with Crippen LogP contribution in [0.15, 0.2) is 108 Å². The number of alkyl halides is 3. The summed E-state index contributed by atoms with van der Waals surface area (Å²) in [6.45, 7) is 2.80. The molecule has 0 saturated carbocycles. The fraction of sp³-hybridized carbons (Fsp3) is 0.152. The number of nitrogens with one attached hydrogen (secondary N) is 1. The number of hydrogen-bond donors (Lipinski definition) is 1. The number of aliphatic imine (C=N–C) groups is 1. The molecule has 0 radical (unpaired) electrons. The third-order valence-corrected chi connectivity index (χ3v) is 6.89. The Balaban J connectivity index is 1.42. The van der Waals surface area contributed by atoms with Crippen LogP contribution in [0.3, 0.4) is 0 Å². The summed E-state index contributed by atoms with van der Waals surface area (Å²) in [7, 11) is 0. The molecule has 1 atom stereocenters. The standard InChI is InChI=1S/C33H26F3N3O/c1-21-19-38-32(39-21)24-11-6-13-27(18-24)40-26-12-5-10-23(17-26)30-25(16-22-8-3-2-4-9-22)20-37-31-28(30)14-7-15-29(31)33(34,35)36/h2-15,17-18,20-21H,16,19H2,1H3,(H,38,39). The van der Waals surface area contributed by atoms with Crippen molar-refractivity contribution < 1.29 is 17.9 Å².